The quantitative estimate of drug-likeness (QED) is 0.884. The SMILES string of the molecule is CCNc1ncc(S(=O)(=O)Nc2ccc(F)c(C)c2)cn1. The third kappa shape index (κ3) is 3.66. The summed E-state index contributed by atoms with van der Waals surface area (Å²) < 4.78 is 39.8. The summed E-state index contributed by atoms with van der Waals surface area (Å²) in [6.07, 6.45) is 2.42. The maximum absolute atomic E-state index is 13.2. The van der Waals surface area contributed by atoms with Crippen molar-refractivity contribution >= 4 is 21.7 Å². The number of hydrogen-bond acceptors (Lipinski definition) is 5. The van der Waals surface area contributed by atoms with Gasteiger partial charge < -0.3 is 5.32 Å². The third-order valence-electron chi connectivity index (χ3n) is 2.68. The van der Waals surface area contributed by atoms with Crippen molar-refractivity contribution in [3.63, 3.8) is 0 Å². The van der Waals surface area contributed by atoms with E-state index in [4.69, 9.17) is 0 Å². The first-order valence-corrected chi connectivity index (χ1v) is 7.75. The summed E-state index contributed by atoms with van der Waals surface area (Å²) in [6, 6.07) is 3.98. The van der Waals surface area contributed by atoms with Crippen molar-refractivity contribution in [2.24, 2.45) is 0 Å². The zero-order valence-electron chi connectivity index (χ0n) is 11.6. The van der Waals surface area contributed by atoms with E-state index in [9.17, 15) is 12.8 Å². The molecule has 2 aromatic rings. The van der Waals surface area contributed by atoms with Crippen LogP contribution in [-0.2, 0) is 10.0 Å². The number of benzene rings is 1. The molecule has 0 aliphatic heterocycles. The highest BCUT2D eigenvalue weighted by Crippen LogP contribution is 2.18. The lowest BCUT2D eigenvalue weighted by molar-refractivity contribution is 0.600. The van der Waals surface area contributed by atoms with Crippen molar-refractivity contribution < 1.29 is 12.8 Å². The highest BCUT2D eigenvalue weighted by Gasteiger charge is 2.16. The Labute approximate surface area is 122 Å². The van der Waals surface area contributed by atoms with Crippen LogP contribution in [0.25, 0.3) is 0 Å². The highest BCUT2D eigenvalue weighted by molar-refractivity contribution is 7.92. The maximum atomic E-state index is 13.2. The number of nitrogens with zero attached hydrogens (tertiary/aromatic N) is 2. The molecule has 0 saturated heterocycles. The molecule has 0 saturated carbocycles. The summed E-state index contributed by atoms with van der Waals surface area (Å²) in [5.41, 5.74) is 0.638. The fraction of sp³-hybridized carbons (Fsp3) is 0.231. The molecule has 1 aromatic carbocycles. The molecule has 2 rings (SSSR count). The average Bonchev–Trinajstić information content (AvgIpc) is 2.44. The van der Waals surface area contributed by atoms with Gasteiger partial charge in [0.1, 0.15) is 10.7 Å². The summed E-state index contributed by atoms with van der Waals surface area (Å²) >= 11 is 0. The Morgan fingerprint density at radius 3 is 2.48 bits per heavy atom. The Hall–Kier alpha value is -2.22. The van der Waals surface area contributed by atoms with Gasteiger partial charge in [-0.05, 0) is 37.6 Å². The van der Waals surface area contributed by atoms with Crippen LogP contribution >= 0.6 is 0 Å². The minimum absolute atomic E-state index is 0.0638. The van der Waals surface area contributed by atoms with Crippen LogP contribution in [0.15, 0.2) is 35.5 Å². The zero-order valence-corrected chi connectivity index (χ0v) is 12.4. The van der Waals surface area contributed by atoms with Gasteiger partial charge in [-0.1, -0.05) is 0 Å². The van der Waals surface area contributed by atoms with Crippen LogP contribution in [0.4, 0.5) is 16.0 Å². The molecule has 21 heavy (non-hydrogen) atoms. The Morgan fingerprint density at radius 2 is 1.90 bits per heavy atom. The van der Waals surface area contributed by atoms with E-state index in [0.717, 1.165) is 0 Å². The minimum Gasteiger partial charge on any atom is -0.355 e. The Bertz CT molecular complexity index is 732. The van der Waals surface area contributed by atoms with Crippen LogP contribution in [0, 0.1) is 12.7 Å². The van der Waals surface area contributed by atoms with Crippen molar-refractivity contribution in [1.82, 2.24) is 9.97 Å². The lowest BCUT2D eigenvalue weighted by Crippen LogP contribution is -2.14. The molecule has 0 amide bonds. The zero-order chi connectivity index (χ0) is 15.5. The van der Waals surface area contributed by atoms with Gasteiger partial charge in [-0.3, -0.25) is 4.72 Å². The Morgan fingerprint density at radius 1 is 1.24 bits per heavy atom. The second-order valence-corrected chi connectivity index (χ2v) is 6.02. The molecular formula is C13H15FN4O2S. The first-order valence-electron chi connectivity index (χ1n) is 6.27. The molecule has 0 unspecified atom stereocenters. The van der Waals surface area contributed by atoms with Crippen molar-refractivity contribution in [3.8, 4) is 0 Å². The fourth-order valence-electron chi connectivity index (χ4n) is 1.63. The molecule has 1 aromatic heterocycles. The predicted molar refractivity (Wildman–Crippen MR) is 78.1 cm³/mol. The summed E-state index contributed by atoms with van der Waals surface area (Å²) in [4.78, 5) is 7.75. The molecular weight excluding hydrogens is 295 g/mol. The number of hydrogen-bond donors (Lipinski definition) is 2. The molecule has 0 atom stereocenters. The largest absolute Gasteiger partial charge is 0.355 e. The van der Waals surface area contributed by atoms with Gasteiger partial charge in [0.25, 0.3) is 10.0 Å². The standard InChI is InChI=1S/C13H15FN4O2S/c1-3-15-13-16-7-11(8-17-13)21(19,20)18-10-4-5-12(14)9(2)6-10/h4-8,18H,3H2,1-2H3,(H,15,16,17). The number of anilines is 2. The fourth-order valence-corrected chi connectivity index (χ4v) is 2.56. The van der Waals surface area contributed by atoms with E-state index in [0.29, 0.717) is 18.1 Å². The van der Waals surface area contributed by atoms with Crippen molar-refractivity contribution in [2.75, 3.05) is 16.6 Å². The third-order valence-corrected chi connectivity index (χ3v) is 4.02. The van der Waals surface area contributed by atoms with Crippen LogP contribution in [0.5, 0.6) is 0 Å². The van der Waals surface area contributed by atoms with Crippen LogP contribution < -0.4 is 10.0 Å². The van der Waals surface area contributed by atoms with Gasteiger partial charge in [-0.2, -0.15) is 0 Å². The summed E-state index contributed by atoms with van der Waals surface area (Å²) in [5, 5.41) is 2.87. The summed E-state index contributed by atoms with van der Waals surface area (Å²) in [6.45, 7) is 4.08. The first kappa shape index (κ1) is 15.2. The molecule has 0 fully saturated rings. The first-order chi connectivity index (χ1) is 9.92. The van der Waals surface area contributed by atoms with Gasteiger partial charge in [0.2, 0.25) is 5.95 Å². The minimum atomic E-state index is -3.80. The molecule has 0 aliphatic rings. The van der Waals surface area contributed by atoms with Crippen LogP contribution in [0.3, 0.4) is 0 Å². The van der Waals surface area contributed by atoms with Gasteiger partial charge in [-0.25, -0.2) is 22.8 Å². The number of halogens is 1. The molecule has 2 N–H and O–H groups in total. The molecule has 8 heteroatoms. The van der Waals surface area contributed by atoms with Crippen molar-refractivity contribution in [1.29, 1.82) is 0 Å². The van der Waals surface area contributed by atoms with Gasteiger partial charge in [0, 0.05) is 12.2 Å². The Kier molecular flexibility index (Phi) is 4.37. The van der Waals surface area contributed by atoms with Crippen LogP contribution in [0.1, 0.15) is 12.5 Å². The smallest absolute Gasteiger partial charge is 0.264 e. The normalized spacial score (nSPS) is 11.2. The molecule has 1 heterocycles. The maximum Gasteiger partial charge on any atom is 0.264 e. The topological polar surface area (TPSA) is 84.0 Å². The van der Waals surface area contributed by atoms with Crippen LogP contribution in [-0.4, -0.2) is 24.9 Å². The van der Waals surface area contributed by atoms with E-state index >= 15 is 0 Å². The molecule has 0 aliphatic carbocycles. The van der Waals surface area contributed by atoms with Crippen LogP contribution in [0.2, 0.25) is 0 Å². The molecule has 6 nitrogen and oxygen atoms in total. The van der Waals surface area contributed by atoms with Crippen molar-refractivity contribution in [2.45, 2.75) is 18.7 Å². The highest BCUT2D eigenvalue weighted by atomic mass is 32.2. The van der Waals surface area contributed by atoms with Crippen molar-refractivity contribution in [3.05, 3.63) is 42.0 Å². The molecule has 0 spiro atoms. The lowest BCUT2D eigenvalue weighted by atomic mass is 10.2. The van der Waals surface area contributed by atoms with E-state index in [2.05, 4.69) is 20.0 Å². The summed E-state index contributed by atoms with van der Waals surface area (Å²) in [7, 11) is -3.80. The van der Waals surface area contributed by atoms with Gasteiger partial charge >= 0.3 is 0 Å². The lowest BCUT2D eigenvalue weighted by Gasteiger charge is -2.09. The van der Waals surface area contributed by atoms with E-state index < -0.39 is 15.8 Å². The second-order valence-electron chi connectivity index (χ2n) is 4.34. The summed E-state index contributed by atoms with van der Waals surface area (Å²) in [5.74, 6) is -0.0367. The molecule has 0 radical (unpaired) electrons. The van der Waals surface area contributed by atoms with E-state index in [1.807, 2.05) is 6.92 Å². The number of aromatic nitrogens is 2. The van der Waals surface area contributed by atoms with E-state index in [1.54, 1.807) is 6.92 Å². The number of rotatable bonds is 5. The second kappa shape index (κ2) is 6.04. The monoisotopic (exact) mass is 310 g/mol. The van der Waals surface area contributed by atoms with Gasteiger partial charge in [0.15, 0.2) is 0 Å². The number of nitrogens with one attached hydrogen (secondary N) is 2. The number of aryl methyl sites for hydroxylation is 1. The number of sulfonamides is 1. The predicted octanol–water partition coefficient (Wildman–Crippen LogP) is 2.16. The van der Waals surface area contributed by atoms with E-state index in [1.165, 1.54) is 30.6 Å². The molecule has 0 bridgehead atoms. The van der Waals surface area contributed by atoms with Gasteiger partial charge in [0.05, 0.1) is 12.4 Å². The Balaban J connectivity index is 2.23. The average molecular weight is 310 g/mol. The molecule has 112 valence electrons. The van der Waals surface area contributed by atoms with Gasteiger partial charge in [-0.15, -0.1) is 0 Å². The van der Waals surface area contributed by atoms with E-state index in [-0.39, 0.29) is 10.6 Å².